The molecule has 1 aromatic rings. The minimum Gasteiger partial charge on any atom is -0.381 e. The van der Waals surface area contributed by atoms with Gasteiger partial charge in [0.15, 0.2) is 0 Å². The third-order valence-electron chi connectivity index (χ3n) is 4.88. The van der Waals surface area contributed by atoms with Crippen LogP contribution in [0, 0.1) is 0 Å². The zero-order valence-corrected chi connectivity index (χ0v) is 13.6. The third kappa shape index (κ3) is 3.24. The van der Waals surface area contributed by atoms with E-state index in [9.17, 15) is 0 Å². The fraction of sp³-hybridized carbons (Fsp3) is 0.667. The lowest BCUT2D eigenvalue weighted by atomic mass is 9.87. The summed E-state index contributed by atoms with van der Waals surface area (Å²) in [6, 6.07) is 9.70. The highest BCUT2D eigenvalue weighted by Gasteiger charge is 2.32. The average Bonchev–Trinajstić information content (AvgIpc) is 2.47. The Morgan fingerprint density at radius 2 is 1.85 bits per heavy atom. The highest BCUT2D eigenvalue weighted by atomic mass is 16.5. The van der Waals surface area contributed by atoms with E-state index in [1.54, 1.807) is 0 Å². The molecule has 2 rings (SSSR count). The van der Waals surface area contributed by atoms with Gasteiger partial charge in [-0.3, -0.25) is 4.90 Å². The van der Waals surface area contributed by atoms with E-state index in [1.165, 1.54) is 11.1 Å². The molecule has 0 amide bonds. The second-order valence-corrected chi connectivity index (χ2v) is 6.79. The van der Waals surface area contributed by atoms with Crippen molar-refractivity contribution in [2.75, 3.05) is 20.3 Å². The van der Waals surface area contributed by atoms with Gasteiger partial charge in [0.05, 0.1) is 0 Å². The quantitative estimate of drug-likeness (QED) is 0.818. The first-order chi connectivity index (χ1) is 9.43. The Kier molecular flexibility index (Phi) is 4.87. The lowest BCUT2D eigenvalue weighted by Gasteiger charge is -2.43. The summed E-state index contributed by atoms with van der Waals surface area (Å²) < 4.78 is 5.49. The Bertz CT molecular complexity index is 433. The number of ether oxygens (including phenoxy) is 1. The monoisotopic (exact) mass is 275 g/mol. The first kappa shape index (κ1) is 15.5. The molecule has 20 heavy (non-hydrogen) atoms. The van der Waals surface area contributed by atoms with Crippen LogP contribution in [-0.4, -0.2) is 31.2 Å². The molecule has 2 nitrogen and oxygen atoms in total. The van der Waals surface area contributed by atoms with Crippen LogP contribution < -0.4 is 0 Å². The zero-order chi connectivity index (χ0) is 14.8. The molecule has 0 aliphatic carbocycles. The van der Waals surface area contributed by atoms with Gasteiger partial charge < -0.3 is 4.74 Å². The van der Waals surface area contributed by atoms with Gasteiger partial charge in [-0.2, -0.15) is 0 Å². The summed E-state index contributed by atoms with van der Waals surface area (Å²) in [6.07, 6.45) is 2.29. The molecule has 0 atom stereocenters. The first-order valence-corrected chi connectivity index (χ1v) is 7.84. The van der Waals surface area contributed by atoms with Crippen molar-refractivity contribution in [3.05, 3.63) is 35.4 Å². The van der Waals surface area contributed by atoms with Gasteiger partial charge >= 0.3 is 0 Å². The SMILES string of the molecule is CC(C)c1cccc(C(C)(C)N(C)C2CCOCC2)c1. The normalized spacial score (nSPS) is 17.9. The molecule has 1 aliphatic rings. The minimum atomic E-state index is 0.0624. The Morgan fingerprint density at radius 1 is 1.20 bits per heavy atom. The second-order valence-electron chi connectivity index (χ2n) is 6.79. The maximum Gasteiger partial charge on any atom is 0.0480 e. The van der Waals surface area contributed by atoms with Crippen LogP contribution in [0.4, 0.5) is 0 Å². The van der Waals surface area contributed by atoms with E-state index in [2.05, 4.69) is 63.9 Å². The van der Waals surface area contributed by atoms with Gasteiger partial charge in [-0.15, -0.1) is 0 Å². The van der Waals surface area contributed by atoms with Crippen molar-refractivity contribution in [2.45, 2.75) is 58.0 Å². The summed E-state index contributed by atoms with van der Waals surface area (Å²) in [5.41, 5.74) is 2.90. The van der Waals surface area contributed by atoms with Crippen LogP contribution in [-0.2, 0) is 10.3 Å². The fourth-order valence-corrected chi connectivity index (χ4v) is 3.01. The smallest absolute Gasteiger partial charge is 0.0480 e. The van der Waals surface area contributed by atoms with Crippen LogP contribution in [0.15, 0.2) is 24.3 Å². The van der Waals surface area contributed by atoms with Gasteiger partial charge in [-0.05, 0) is 50.8 Å². The number of benzene rings is 1. The lowest BCUT2D eigenvalue weighted by Crippen LogP contribution is -2.47. The number of hydrogen-bond donors (Lipinski definition) is 0. The standard InChI is InChI=1S/C18H29NO/c1-14(2)15-7-6-8-16(13-15)18(3,4)19(5)17-9-11-20-12-10-17/h6-8,13-14,17H,9-12H2,1-5H3. The molecule has 1 aromatic carbocycles. The molecule has 1 fully saturated rings. The predicted molar refractivity (Wildman–Crippen MR) is 85.2 cm³/mol. The highest BCUT2D eigenvalue weighted by Crippen LogP contribution is 2.32. The molecule has 1 heterocycles. The Morgan fingerprint density at radius 3 is 2.45 bits per heavy atom. The van der Waals surface area contributed by atoms with Gasteiger partial charge in [-0.25, -0.2) is 0 Å². The van der Waals surface area contributed by atoms with Crippen LogP contribution >= 0.6 is 0 Å². The van der Waals surface area contributed by atoms with Crippen LogP contribution in [0.5, 0.6) is 0 Å². The van der Waals surface area contributed by atoms with Crippen LogP contribution in [0.1, 0.15) is 57.6 Å². The topological polar surface area (TPSA) is 12.5 Å². The van der Waals surface area contributed by atoms with E-state index in [4.69, 9.17) is 4.74 Å². The number of nitrogens with zero attached hydrogens (tertiary/aromatic N) is 1. The van der Waals surface area contributed by atoms with E-state index in [0.717, 1.165) is 26.1 Å². The van der Waals surface area contributed by atoms with Gasteiger partial charge in [0.2, 0.25) is 0 Å². The van der Waals surface area contributed by atoms with E-state index in [1.807, 2.05) is 0 Å². The summed E-state index contributed by atoms with van der Waals surface area (Å²) in [7, 11) is 2.26. The molecule has 112 valence electrons. The molecule has 0 N–H and O–H groups in total. The third-order valence-corrected chi connectivity index (χ3v) is 4.88. The molecule has 1 aliphatic heterocycles. The Labute approximate surface area is 124 Å². The van der Waals surface area contributed by atoms with Gasteiger partial charge in [0.25, 0.3) is 0 Å². The molecule has 0 aromatic heterocycles. The summed E-state index contributed by atoms with van der Waals surface area (Å²) in [6.45, 7) is 11.0. The maximum absolute atomic E-state index is 5.49. The number of rotatable bonds is 4. The average molecular weight is 275 g/mol. The molecule has 0 bridgehead atoms. The van der Waals surface area contributed by atoms with Crippen molar-refractivity contribution < 1.29 is 4.74 Å². The Hall–Kier alpha value is -0.860. The largest absolute Gasteiger partial charge is 0.381 e. The van der Waals surface area contributed by atoms with Crippen LogP contribution in [0.2, 0.25) is 0 Å². The second kappa shape index (κ2) is 6.28. The molecule has 0 saturated carbocycles. The zero-order valence-electron chi connectivity index (χ0n) is 13.6. The van der Waals surface area contributed by atoms with Crippen molar-refractivity contribution in [1.29, 1.82) is 0 Å². The first-order valence-electron chi connectivity index (χ1n) is 7.84. The van der Waals surface area contributed by atoms with Crippen molar-refractivity contribution >= 4 is 0 Å². The minimum absolute atomic E-state index is 0.0624. The van der Waals surface area contributed by atoms with Gasteiger partial charge in [0.1, 0.15) is 0 Å². The van der Waals surface area contributed by atoms with E-state index in [-0.39, 0.29) is 5.54 Å². The lowest BCUT2D eigenvalue weighted by molar-refractivity contribution is 0.00551. The number of hydrogen-bond acceptors (Lipinski definition) is 2. The maximum atomic E-state index is 5.49. The van der Waals surface area contributed by atoms with Crippen LogP contribution in [0.3, 0.4) is 0 Å². The van der Waals surface area contributed by atoms with Crippen molar-refractivity contribution in [3.8, 4) is 0 Å². The Balaban J connectivity index is 2.21. The molecular weight excluding hydrogens is 246 g/mol. The summed E-state index contributed by atoms with van der Waals surface area (Å²) in [5, 5.41) is 0. The molecular formula is C18H29NO. The van der Waals surface area contributed by atoms with Gasteiger partial charge in [-0.1, -0.05) is 38.1 Å². The van der Waals surface area contributed by atoms with Crippen LogP contribution in [0.25, 0.3) is 0 Å². The van der Waals surface area contributed by atoms with E-state index < -0.39 is 0 Å². The van der Waals surface area contributed by atoms with Crippen molar-refractivity contribution in [3.63, 3.8) is 0 Å². The van der Waals surface area contributed by atoms with Gasteiger partial charge in [0, 0.05) is 24.8 Å². The fourth-order valence-electron chi connectivity index (χ4n) is 3.01. The van der Waals surface area contributed by atoms with Crippen molar-refractivity contribution in [1.82, 2.24) is 4.90 Å². The highest BCUT2D eigenvalue weighted by molar-refractivity contribution is 5.30. The predicted octanol–water partition coefficient (Wildman–Crippen LogP) is 4.16. The molecule has 1 saturated heterocycles. The molecule has 0 radical (unpaired) electrons. The molecule has 0 unspecified atom stereocenters. The summed E-state index contributed by atoms with van der Waals surface area (Å²) >= 11 is 0. The van der Waals surface area contributed by atoms with E-state index >= 15 is 0 Å². The van der Waals surface area contributed by atoms with E-state index in [0.29, 0.717) is 12.0 Å². The summed E-state index contributed by atoms with van der Waals surface area (Å²) in [5.74, 6) is 0.583. The van der Waals surface area contributed by atoms with Crippen molar-refractivity contribution in [2.24, 2.45) is 0 Å². The molecule has 2 heteroatoms. The molecule has 0 spiro atoms. The summed E-state index contributed by atoms with van der Waals surface area (Å²) in [4.78, 5) is 2.54.